The molecule has 4 aliphatic rings. The first kappa shape index (κ1) is 26.2. The molecule has 1 aromatic heterocycles. The van der Waals surface area contributed by atoms with Crippen molar-refractivity contribution in [1.29, 1.82) is 0 Å². The van der Waals surface area contributed by atoms with Gasteiger partial charge in [-0.25, -0.2) is 13.8 Å². The van der Waals surface area contributed by atoms with Crippen molar-refractivity contribution in [2.75, 3.05) is 13.2 Å². The van der Waals surface area contributed by atoms with Gasteiger partial charge in [-0.3, -0.25) is 4.79 Å². The van der Waals surface area contributed by atoms with Crippen molar-refractivity contribution < 1.29 is 32.9 Å². The normalized spacial score (nSPS) is 21.0. The quantitative estimate of drug-likeness (QED) is 0.333. The maximum absolute atomic E-state index is 14.2. The molecule has 0 bridgehead atoms. The van der Waals surface area contributed by atoms with Crippen LogP contribution in [0.3, 0.4) is 0 Å². The fourth-order valence-electron chi connectivity index (χ4n) is 5.32. The van der Waals surface area contributed by atoms with Gasteiger partial charge in [0.15, 0.2) is 23.1 Å². The summed E-state index contributed by atoms with van der Waals surface area (Å²) in [6.07, 6.45) is 5.92. The lowest BCUT2D eigenvalue weighted by Gasteiger charge is -2.29. The van der Waals surface area contributed by atoms with E-state index in [0.29, 0.717) is 46.4 Å². The van der Waals surface area contributed by atoms with Crippen LogP contribution in [0.4, 0.5) is 8.78 Å². The lowest BCUT2D eigenvalue weighted by Crippen LogP contribution is -2.43. The predicted octanol–water partition coefficient (Wildman–Crippen LogP) is 5.63. The molecule has 1 unspecified atom stereocenters. The molecule has 2 N–H and O–H groups in total. The van der Waals surface area contributed by atoms with Crippen LogP contribution in [0.1, 0.15) is 73.0 Å². The van der Waals surface area contributed by atoms with Crippen molar-refractivity contribution in [2.24, 2.45) is 5.92 Å². The molecule has 2 aromatic carbocycles. The molecular formula is C32H32F2N2O5. The SMILES string of the molecule is C[C@@H]1COc2c1cc(C(O)(CNC(=O)c1ccc(OC3CC3)c(OC3CC3)c1)C1CC1)nc2-c1ccc(F)c(F)c1. The van der Waals surface area contributed by atoms with E-state index < -0.39 is 17.2 Å². The molecular weight excluding hydrogens is 530 g/mol. The maximum atomic E-state index is 14.2. The van der Waals surface area contributed by atoms with Gasteiger partial charge in [0.05, 0.1) is 31.1 Å². The molecule has 7 rings (SSSR count). The van der Waals surface area contributed by atoms with E-state index in [1.807, 2.05) is 13.0 Å². The second-order valence-corrected chi connectivity index (χ2v) is 11.8. The minimum absolute atomic E-state index is 0.0232. The van der Waals surface area contributed by atoms with E-state index in [1.165, 1.54) is 6.07 Å². The largest absolute Gasteiger partial charge is 0.490 e. The Morgan fingerprint density at radius 1 is 1.00 bits per heavy atom. The van der Waals surface area contributed by atoms with Crippen LogP contribution >= 0.6 is 0 Å². The average Bonchev–Trinajstić information content (AvgIpc) is 3.82. The molecule has 7 nitrogen and oxygen atoms in total. The number of pyridine rings is 1. The van der Waals surface area contributed by atoms with Crippen molar-refractivity contribution >= 4 is 5.91 Å². The minimum atomic E-state index is -1.46. The van der Waals surface area contributed by atoms with Crippen LogP contribution in [0.5, 0.6) is 17.2 Å². The Labute approximate surface area is 236 Å². The highest BCUT2D eigenvalue weighted by molar-refractivity contribution is 5.95. The Bertz CT molecular complexity index is 1520. The number of benzene rings is 2. The molecule has 41 heavy (non-hydrogen) atoms. The number of fused-ring (bicyclic) bond motifs is 1. The number of nitrogens with one attached hydrogen (secondary N) is 1. The van der Waals surface area contributed by atoms with Crippen molar-refractivity contribution in [3.05, 3.63) is 70.9 Å². The molecule has 0 spiro atoms. The van der Waals surface area contributed by atoms with Gasteiger partial charge < -0.3 is 24.6 Å². The van der Waals surface area contributed by atoms with Crippen molar-refractivity contribution in [3.8, 4) is 28.5 Å². The van der Waals surface area contributed by atoms with Crippen LogP contribution < -0.4 is 19.5 Å². The van der Waals surface area contributed by atoms with Gasteiger partial charge in [0.2, 0.25) is 0 Å². The first-order chi connectivity index (χ1) is 19.8. The van der Waals surface area contributed by atoms with Gasteiger partial charge in [-0.15, -0.1) is 0 Å². The highest BCUT2D eigenvalue weighted by Gasteiger charge is 2.47. The summed E-state index contributed by atoms with van der Waals surface area (Å²) in [5, 5.41) is 15.0. The minimum Gasteiger partial charge on any atom is -0.490 e. The molecule has 214 valence electrons. The number of rotatable bonds is 10. The molecule has 1 amide bonds. The second kappa shape index (κ2) is 9.98. The molecule has 3 saturated carbocycles. The summed E-state index contributed by atoms with van der Waals surface area (Å²) in [5.41, 5.74) is 0.876. The summed E-state index contributed by atoms with van der Waals surface area (Å²) < 4.78 is 45.8. The molecule has 1 aliphatic heterocycles. The van der Waals surface area contributed by atoms with Gasteiger partial charge in [-0.1, -0.05) is 6.92 Å². The number of aromatic nitrogens is 1. The fraction of sp³-hybridized carbons (Fsp3) is 0.438. The van der Waals surface area contributed by atoms with Crippen molar-refractivity contribution in [3.63, 3.8) is 0 Å². The number of carbonyl (C=O) groups excluding carboxylic acids is 1. The zero-order valence-corrected chi connectivity index (χ0v) is 22.8. The molecule has 3 aromatic rings. The predicted molar refractivity (Wildman–Crippen MR) is 146 cm³/mol. The molecule has 2 atom stereocenters. The summed E-state index contributed by atoms with van der Waals surface area (Å²) in [5.74, 6) is -0.651. The maximum Gasteiger partial charge on any atom is 0.251 e. The zero-order valence-electron chi connectivity index (χ0n) is 22.8. The monoisotopic (exact) mass is 562 g/mol. The van der Waals surface area contributed by atoms with Gasteiger partial charge >= 0.3 is 0 Å². The molecule has 0 saturated heterocycles. The molecule has 0 radical (unpaired) electrons. The third kappa shape index (κ3) is 5.23. The Morgan fingerprint density at radius 2 is 1.73 bits per heavy atom. The van der Waals surface area contributed by atoms with Gasteiger partial charge in [0.1, 0.15) is 17.0 Å². The molecule has 2 heterocycles. The number of aliphatic hydroxyl groups is 1. The second-order valence-electron chi connectivity index (χ2n) is 11.8. The lowest BCUT2D eigenvalue weighted by molar-refractivity contribution is 0.00949. The topological polar surface area (TPSA) is 89.9 Å². The Morgan fingerprint density at radius 3 is 2.41 bits per heavy atom. The Hall–Kier alpha value is -3.72. The summed E-state index contributed by atoms with van der Waals surface area (Å²) in [6.45, 7) is 2.36. The summed E-state index contributed by atoms with van der Waals surface area (Å²) in [4.78, 5) is 18.1. The Balaban J connectivity index is 1.17. The highest BCUT2D eigenvalue weighted by atomic mass is 19.2. The number of hydrogen-bond acceptors (Lipinski definition) is 6. The summed E-state index contributed by atoms with van der Waals surface area (Å²) >= 11 is 0. The van der Waals surface area contributed by atoms with E-state index in [9.17, 15) is 18.7 Å². The first-order valence-electron chi connectivity index (χ1n) is 14.4. The lowest BCUT2D eigenvalue weighted by atomic mass is 9.89. The van der Waals surface area contributed by atoms with Crippen LogP contribution in [0.2, 0.25) is 0 Å². The third-order valence-corrected chi connectivity index (χ3v) is 8.26. The molecule has 9 heteroatoms. The van der Waals surface area contributed by atoms with Crippen LogP contribution in [0, 0.1) is 17.6 Å². The zero-order chi connectivity index (χ0) is 28.3. The van der Waals surface area contributed by atoms with Crippen LogP contribution in [-0.4, -0.2) is 41.4 Å². The highest BCUT2D eigenvalue weighted by Crippen LogP contribution is 2.49. The van der Waals surface area contributed by atoms with Gasteiger partial charge in [0, 0.05) is 22.6 Å². The number of amides is 1. The van der Waals surface area contributed by atoms with Crippen LogP contribution in [-0.2, 0) is 5.60 Å². The van der Waals surface area contributed by atoms with Crippen molar-refractivity contribution in [2.45, 2.75) is 69.2 Å². The fourth-order valence-corrected chi connectivity index (χ4v) is 5.32. The number of halogens is 2. The van der Waals surface area contributed by atoms with Crippen molar-refractivity contribution in [1.82, 2.24) is 10.3 Å². The van der Waals surface area contributed by atoms with E-state index in [4.69, 9.17) is 19.2 Å². The molecule has 3 aliphatic carbocycles. The first-order valence-corrected chi connectivity index (χ1v) is 14.4. The van der Waals surface area contributed by atoms with E-state index >= 15 is 0 Å². The van der Waals surface area contributed by atoms with E-state index in [2.05, 4.69) is 5.32 Å². The van der Waals surface area contributed by atoms with Crippen LogP contribution in [0.25, 0.3) is 11.3 Å². The number of ether oxygens (including phenoxy) is 3. The number of hydrogen-bond donors (Lipinski definition) is 2. The standard InChI is InChI=1S/C32H32F2N2O5/c1-17-15-39-30-23(17)14-28(36-29(30)18-2-10-24(33)25(34)12-18)32(38,20-4-5-20)16-35-31(37)19-3-11-26(40-21-6-7-21)27(13-19)41-22-8-9-22/h2-3,10-14,17,20-22,38H,4-9,15-16H2,1H3,(H,35,37)/t17-,32?/m1/s1. The van der Waals surface area contributed by atoms with Gasteiger partial charge in [0.25, 0.3) is 5.91 Å². The van der Waals surface area contributed by atoms with Crippen LogP contribution in [0.15, 0.2) is 42.5 Å². The van der Waals surface area contributed by atoms with Gasteiger partial charge in [-0.2, -0.15) is 0 Å². The third-order valence-electron chi connectivity index (χ3n) is 8.26. The van der Waals surface area contributed by atoms with E-state index in [1.54, 1.807) is 18.2 Å². The summed E-state index contributed by atoms with van der Waals surface area (Å²) in [7, 11) is 0. The van der Waals surface area contributed by atoms with E-state index in [0.717, 1.165) is 56.2 Å². The summed E-state index contributed by atoms with van der Waals surface area (Å²) in [6, 6.07) is 10.6. The Kier molecular flexibility index (Phi) is 6.37. The molecule has 3 fully saturated rings. The number of nitrogens with zero attached hydrogens (tertiary/aromatic N) is 1. The van der Waals surface area contributed by atoms with E-state index in [-0.39, 0.29) is 36.5 Å². The average molecular weight is 563 g/mol. The smallest absolute Gasteiger partial charge is 0.251 e. The van der Waals surface area contributed by atoms with Gasteiger partial charge in [-0.05, 0) is 86.9 Å². The number of carbonyl (C=O) groups is 1.